The number of pyridine rings is 4. The molecule has 0 saturated carbocycles. The Morgan fingerprint density at radius 2 is 0.608 bits per heavy atom. The molecule has 0 N–H and O–H groups in total. The van der Waals surface area contributed by atoms with Crippen molar-refractivity contribution in [1.82, 2.24) is 19.9 Å². The van der Waals surface area contributed by atoms with Gasteiger partial charge in [0.05, 0.1) is 0 Å². The van der Waals surface area contributed by atoms with Crippen LogP contribution >= 0.6 is 0 Å². The van der Waals surface area contributed by atoms with Crippen molar-refractivity contribution in [2.24, 2.45) is 0 Å². The summed E-state index contributed by atoms with van der Waals surface area (Å²) in [5, 5.41) is 3.74. The zero-order chi connectivity index (χ0) is 34.9. The molecular formula is C40H32Al2N4O5. The second kappa shape index (κ2) is 14.2. The monoisotopic (exact) mass is 702 g/mol. The number of aromatic nitrogens is 4. The maximum Gasteiger partial charge on any atom is 1.07 e. The summed E-state index contributed by atoms with van der Waals surface area (Å²) in [6.45, 7) is 7.94. The molecule has 0 amide bonds. The highest BCUT2D eigenvalue weighted by Crippen LogP contribution is 2.34. The summed E-state index contributed by atoms with van der Waals surface area (Å²) in [4.78, 5) is 18.7. The van der Waals surface area contributed by atoms with Crippen molar-refractivity contribution in [2.75, 3.05) is 0 Å². The van der Waals surface area contributed by atoms with Crippen LogP contribution in [0.4, 0.5) is 0 Å². The van der Waals surface area contributed by atoms with Crippen molar-refractivity contribution in [1.29, 1.82) is 0 Å². The van der Waals surface area contributed by atoms with E-state index in [2.05, 4.69) is 19.9 Å². The number of aryl methyl sites for hydroxylation is 4. The maximum absolute atomic E-state index is 6.96. The van der Waals surface area contributed by atoms with E-state index >= 15 is 0 Å². The van der Waals surface area contributed by atoms with Gasteiger partial charge in [0.15, 0.2) is 0 Å². The molecule has 8 rings (SSSR count). The van der Waals surface area contributed by atoms with Gasteiger partial charge in [-0.2, -0.15) is 0 Å². The molecule has 0 unspecified atom stereocenters. The number of rotatable bonds is 10. The number of hydrogen-bond donors (Lipinski definition) is 0. The standard InChI is InChI=1S/4C10H9NO.2Al.O/c4*1-7-4-5-8-3-2-6-11-9(8)10(7)12;;;/h4*2-6,12H,1H3;;;/q;;;;2*+2;/p-4. The van der Waals surface area contributed by atoms with Crippen molar-refractivity contribution in [3.05, 3.63) is 144 Å². The molecule has 0 fully saturated rings. The van der Waals surface area contributed by atoms with E-state index in [1.165, 1.54) is 0 Å². The number of benzene rings is 4. The van der Waals surface area contributed by atoms with Crippen LogP contribution in [-0.4, -0.2) is 50.2 Å². The molecule has 0 bridgehead atoms. The molecule has 4 aromatic carbocycles. The summed E-state index contributed by atoms with van der Waals surface area (Å²) < 4.78 is 34.4. The first-order valence-corrected chi connectivity index (χ1v) is 19.5. The third-order valence-electron chi connectivity index (χ3n) is 8.78. The predicted octanol–water partition coefficient (Wildman–Crippen LogP) is 8.72. The van der Waals surface area contributed by atoms with Gasteiger partial charge in [0.1, 0.15) is 45.1 Å². The second-order valence-corrected chi connectivity index (χ2v) is 15.5. The van der Waals surface area contributed by atoms with Crippen molar-refractivity contribution in [2.45, 2.75) is 27.7 Å². The minimum absolute atomic E-state index is 0.578. The van der Waals surface area contributed by atoms with E-state index in [1.807, 2.05) is 125 Å². The molecule has 8 aromatic rings. The highest BCUT2D eigenvalue weighted by Gasteiger charge is 2.54. The summed E-state index contributed by atoms with van der Waals surface area (Å²) in [5.74, 6) is 2.31. The average Bonchev–Trinajstić information content (AvgIpc) is 3.16. The Kier molecular flexibility index (Phi) is 9.14. The molecule has 0 radical (unpaired) electrons. The molecule has 0 spiro atoms. The molecule has 51 heavy (non-hydrogen) atoms. The molecule has 0 saturated heterocycles. The first-order valence-electron chi connectivity index (χ1n) is 16.6. The van der Waals surface area contributed by atoms with Gasteiger partial charge in [-0.25, -0.2) is 0 Å². The molecule has 11 heteroatoms. The quantitative estimate of drug-likeness (QED) is 0.130. The zero-order valence-corrected chi connectivity index (χ0v) is 30.8. The summed E-state index contributed by atoms with van der Waals surface area (Å²) in [5.41, 5.74) is 6.39. The fourth-order valence-electron chi connectivity index (χ4n) is 6.11. The molecule has 0 atom stereocenters. The Hall–Kier alpha value is -5.26. The Labute approximate surface area is 305 Å². The van der Waals surface area contributed by atoms with Gasteiger partial charge < -0.3 is 18.0 Å². The maximum atomic E-state index is 6.96. The van der Waals surface area contributed by atoms with Crippen LogP contribution in [0.15, 0.2) is 122 Å². The zero-order valence-electron chi connectivity index (χ0n) is 28.5. The van der Waals surface area contributed by atoms with Crippen molar-refractivity contribution >= 4 is 73.9 Å². The largest absolute Gasteiger partial charge is 1.07 e. The summed E-state index contributed by atoms with van der Waals surface area (Å²) in [6.07, 6.45) is 7.01. The van der Waals surface area contributed by atoms with Gasteiger partial charge in [-0.05, 0) is 74.2 Å². The van der Waals surface area contributed by atoms with Crippen LogP contribution < -0.4 is 15.2 Å². The Morgan fingerprint density at radius 1 is 0.353 bits per heavy atom. The molecule has 0 aliphatic heterocycles. The lowest BCUT2D eigenvalue weighted by Gasteiger charge is -2.24. The fraction of sp³-hybridized carbons (Fsp3) is 0.100. The van der Waals surface area contributed by atoms with Gasteiger partial charge >= 0.3 is 30.3 Å². The molecular weight excluding hydrogens is 670 g/mol. The van der Waals surface area contributed by atoms with Crippen LogP contribution in [0.25, 0.3) is 43.6 Å². The van der Waals surface area contributed by atoms with Gasteiger partial charge in [-0.3, -0.25) is 19.9 Å². The third kappa shape index (κ3) is 6.67. The van der Waals surface area contributed by atoms with Gasteiger partial charge in [0.25, 0.3) is 0 Å². The van der Waals surface area contributed by atoms with Crippen molar-refractivity contribution in [3.8, 4) is 23.0 Å². The summed E-state index contributed by atoms with van der Waals surface area (Å²) >= 11 is -6.53. The van der Waals surface area contributed by atoms with E-state index in [1.54, 1.807) is 24.8 Å². The van der Waals surface area contributed by atoms with Crippen LogP contribution in [-0.2, 0) is 2.84 Å². The van der Waals surface area contributed by atoms with E-state index in [4.69, 9.17) is 18.0 Å². The first-order chi connectivity index (χ1) is 24.9. The SMILES string of the molecule is Cc1ccc2cccnc2c1[O][Al]([O]c1c(C)ccc2cccnc12)[O][Al]([O]c1c(C)ccc2cccnc12)[O]c1c(C)ccc2cccnc12. The third-order valence-corrected chi connectivity index (χ3v) is 12.3. The van der Waals surface area contributed by atoms with Crippen LogP contribution in [0.2, 0.25) is 0 Å². The highest BCUT2D eigenvalue weighted by molar-refractivity contribution is 6.54. The summed E-state index contributed by atoms with van der Waals surface area (Å²) in [7, 11) is 0. The van der Waals surface area contributed by atoms with Gasteiger partial charge in [0.2, 0.25) is 0 Å². The van der Waals surface area contributed by atoms with Crippen LogP contribution in [0.3, 0.4) is 0 Å². The smallest absolute Gasteiger partial charge is 0.588 e. The van der Waals surface area contributed by atoms with Crippen molar-refractivity contribution < 1.29 is 18.0 Å². The Balaban J connectivity index is 1.27. The first kappa shape index (κ1) is 32.9. The van der Waals surface area contributed by atoms with E-state index < -0.39 is 30.3 Å². The van der Waals surface area contributed by atoms with Crippen LogP contribution in [0, 0.1) is 27.7 Å². The predicted molar refractivity (Wildman–Crippen MR) is 201 cm³/mol. The average molecular weight is 703 g/mol. The minimum atomic E-state index is -3.26. The van der Waals surface area contributed by atoms with E-state index in [0.29, 0.717) is 45.1 Å². The summed E-state index contributed by atoms with van der Waals surface area (Å²) in [6, 6.07) is 31.8. The van der Waals surface area contributed by atoms with E-state index in [9.17, 15) is 0 Å². The van der Waals surface area contributed by atoms with Gasteiger partial charge in [0, 0.05) is 46.3 Å². The van der Waals surface area contributed by atoms with Crippen LogP contribution in [0.5, 0.6) is 23.0 Å². The molecule has 248 valence electrons. The highest BCUT2D eigenvalue weighted by atomic mass is 27.3. The molecule has 0 aliphatic rings. The van der Waals surface area contributed by atoms with Gasteiger partial charge in [-0.1, -0.05) is 72.8 Å². The topological polar surface area (TPSA) is 97.7 Å². The lowest BCUT2D eigenvalue weighted by molar-refractivity contribution is 0.237. The number of nitrogens with zero attached hydrogens (tertiary/aromatic N) is 4. The second-order valence-electron chi connectivity index (χ2n) is 12.3. The Bertz CT molecular complexity index is 2220. The molecule has 4 aromatic heterocycles. The number of hydrogen-bond acceptors (Lipinski definition) is 9. The Morgan fingerprint density at radius 3 is 0.863 bits per heavy atom. The van der Waals surface area contributed by atoms with E-state index in [0.717, 1.165) is 43.8 Å². The lowest BCUT2D eigenvalue weighted by atomic mass is 10.1. The fourth-order valence-corrected chi connectivity index (χ4v) is 9.78. The molecule has 0 aliphatic carbocycles. The van der Waals surface area contributed by atoms with Gasteiger partial charge in [-0.15, -0.1) is 0 Å². The minimum Gasteiger partial charge on any atom is -0.588 e. The van der Waals surface area contributed by atoms with Crippen LogP contribution in [0.1, 0.15) is 22.3 Å². The normalized spacial score (nSPS) is 11.2. The van der Waals surface area contributed by atoms with E-state index in [-0.39, 0.29) is 0 Å². The van der Waals surface area contributed by atoms with Crippen molar-refractivity contribution in [3.63, 3.8) is 0 Å². The molecule has 9 nitrogen and oxygen atoms in total. The lowest BCUT2D eigenvalue weighted by Crippen LogP contribution is -2.46. The molecule has 4 heterocycles. The number of fused-ring (bicyclic) bond motifs is 4.